The maximum Gasteiger partial charge on any atom is 0.333 e. The Hall–Kier alpha value is -1.59. The monoisotopic (exact) mass is 256 g/mol. The van der Waals surface area contributed by atoms with Crippen LogP contribution in [0.2, 0.25) is 0 Å². The molecule has 0 heterocycles. The largest absolute Gasteiger partial charge is 0.491 e. The normalized spacial score (nSPS) is 13.3. The predicted molar refractivity (Wildman–Crippen MR) is 67.7 cm³/mol. The lowest BCUT2D eigenvalue weighted by Gasteiger charge is -2.19. The van der Waals surface area contributed by atoms with E-state index in [2.05, 4.69) is 19.7 Å². The highest BCUT2D eigenvalue weighted by Gasteiger charge is 2.19. The first-order valence-electron chi connectivity index (χ1n) is 5.42. The van der Waals surface area contributed by atoms with Gasteiger partial charge in [-0.05, 0) is 19.4 Å². The van der Waals surface area contributed by atoms with Crippen LogP contribution in [-0.2, 0) is 14.3 Å². The van der Waals surface area contributed by atoms with Gasteiger partial charge in [-0.3, -0.25) is 0 Å². The van der Waals surface area contributed by atoms with Crippen LogP contribution in [0.15, 0.2) is 36.6 Å². The lowest BCUT2D eigenvalue weighted by Crippen LogP contribution is -2.35. The first-order valence-corrected chi connectivity index (χ1v) is 5.42. The second-order valence-corrected chi connectivity index (χ2v) is 4.03. The molecule has 0 fully saturated rings. The van der Waals surface area contributed by atoms with Gasteiger partial charge in [0.1, 0.15) is 31.2 Å². The third kappa shape index (κ3) is 6.22. The second kappa shape index (κ2) is 7.68. The zero-order valence-corrected chi connectivity index (χ0v) is 10.8. The zero-order chi connectivity index (χ0) is 14.3. The number of esters is 1. The van der Waals surface area contributed by atoms with E-state index in [9.17, 15) is 15.0 Å². The van der Waals surface area contributed by atoms with Crippen LogP contribution >= 0.6 is 0 Å². The molecule has 0 aliphatic heterocycles. The molecule has 0 aromatic rings. The molecule has 0 aromatic heterocycles. The van der Waals surface area contributed by atoms with Crippen LogP contribution in [0.25, 0.3) is 0 Å². The molecule has 2 unspecified atom stereocenters. The highest BCUT2D eigenvalue weighted by atomic mass is 16.5. The minimum atomic E-state index is -1.23. The van der Waals surface area contributed by atoms with Crippen molar-refractivity contribution in [3.63, 3.8) is 0 Å². The third-order valence-corrected chi connectivity index (χ3v) is 2.08. The van der Waals surface area contributed by atoms with Gasteiger partial charge >= 0.3 is 5.97 Å². The Balaban J connectivity index is 4.00. The summed E-state index contributed by atoms with van der Waals surface area (Å²) in [5, 5.41) is 19.1. The van der Waals surface area contributed by atoms with Crippen molar-refractivity contribution in [2.24, 2.45) is 0 Å². The van der Waals surface area contributed by atoms with Crippen LogP contribution in [0.1, 0.15) is 13.8 Å². The first-order chi connectivity index (χ1) is 8.25. The van der Waals surface area contributed by atoms with Crippen LogP contribution < -0.4 is 0 Å². The van der Waals surface area contributed by atoms with Gasteiger partial charge < -0.3 is 19.7 Å². The second-order valence-electron chi connectivity index (χ2n) is 4.03. The van der Waals surface area contributed by atoms with E-state index < -0.39 is 18.2 Å². The Labute approximate surface area is 107 Å². The molecule has 0 aliphatic carbocycles. The minimum absolute atomic E-state index is 0.155. The molecule has 0 saturated carbocycles. The van der Waals surface area contributed by atoms with Crippen molar-refractivity contribution in [3.8, 4) is 0 Å². The maximum absolute atomic E-state index is 11.1. The zero-order valence-electron chi connectivity index (χ0n) is 10.8. The Morgan fingerprint density at radius 1 is 1.00 bits per heavy atom. The molecule has 0 bridgehead atoms. The van der Waals surface area contributed by atoms with Gasteiger partial charge in [0.25, 0.3) is 0 Å². The smallest absolute Gasteiger partial charge is 0.333 e. The van der Waals surface area contributed by atoms with Gasteiger partial charge in [0.05, 0.1) is 0 Å². The summed E-state index contributed by atoms with van der Waals surface area (Å²) in [6.07, 6.45) is -2.41. The van der Waals surface area contributed by atoms with Crippen LogP contribution in [0, 0.1) is 0 Å². The molecule has 5 nitrogen and oxygen atoms in total. The summed E-state index contributed by atoms with van der Waals surface area (Å²) in [7, 11) is 0. The highest BCUT2D eigenvalue weighted by molar-refractivity contribution is 5.86. The predicted octanol–water partition coefficient (Wildman–Crippen LogP) is 0.934. The number of aliphatic hydroxyl groups excluding tert-OH is 2. The van der Waals surface area contributed by atoms with Crippen LogP contribution in [-0.4, -0.2) is 41.6 Å². The van der Waals surface area contributed by atoms with Crippen LogP contribution in [0.3, 0.4) is 0 Å². The fourth-order valence-electron chi connectivity index (χ4n) is 0.816. The number of ether oxygens (including phenoxy) is 2. The van der Waals surface area contributed by atoms with E-state index >= 15 is 0 Å². The summed E-state index contributed by atoms with van der Waals surface area (Å²) >= 11 is 0. The number of allylic oxidation sites excluding steroid dienone is 1. The molecule has 0 radical (unpaired) electrons. The van der Waals surface area contributed by atoms with Gasteiger partial charge in [0.2, 0.25) is 0 Å². The molecule has 18 heavy (non-hydrogen) atoms. The van der Waals surface area contributed by atoms with Gasteiger partial charge in [0, 0.05) is 5.57 Å². The molecule has 0 spiro atoms. The lowest BCUT2D eigenvalue weighted by molar-refractivity contribution is -0.145. The van der Waals surface area contributed by atoms with Gasteiger partial charge in [-0.2, -0.15) is 0 Å². The average molecular weight is 256 g/mol. The van der Waals surface area contributed by atoms with E-state index in [1.54, 1.807) is 6.92 Å². The molecule has 0 aromatic carbocycles. The fraction of sp³-hybridized carbons (Fsp3) is 0.462. The topological polar surface area (TPSA) is 76.0 Å². The van der Waals surface area contributed by atoms with Crippen LogP contribution in [0.4, 0.5) is 0 Å². The van der Waals surface area contributed by atoms with E-state index in [0.717, 1.165) is 0 Å². The van der Waals surface area contributed by atoms with Gasteiger partial charge in [-0.25, -0.2) is 4.79 Å². The van der Waals surface area contributed by atoms with Gasteiger partial charge in [-0.15, -0.1) is 0 Å². The number of carbonyl (C=O) groups is 1. The third-order valence-electron chi connectivity index (χ3n) is 2.08. The SMILES string of the molecule is C=C(C)C(=C)OCC(O)C(O)COC(=O)C(=C)C. The molecular formula is C13H20O5. The van der Waals surface area contributed by atoms with Crippen molar-refractivity contribution in [1.29, 1.82) is 0 Å². The summed E-state index contributed by atoms with van der Waals surface area (Å²) in [5.41, 5.74) is 0.856. The lowest BCUT2D eigenvalue weighted by atomic mass is 10.2. The molecule has 2 atom stereocenters. The van der Waals surface area contributed by atoms with Crippen molar-refractivity contribution in [3.05, 3.63) is 36.6 Å². The van der Waals surface area contributed by atoms with Crippen molar-refractivity contribution >= 4 is 5.97 Å². The number of aliphatic hydroxyl groups is 2. The summed E-state index contributed by atoms with van der Waals surface area (Å²) in [6.45, 7) is 13.3. The Morgan fingerprint density at radius 2 is 1.44 bits per heavy atom. The van der Waals surface area contributed by atoms with E-state index in [1.165, 1.54) is 6.92 Å². The van der Waals surface area contributed by atoms with E-state index in [0.29, 0.717) is 11.3 Å². The minimum Gasteiger partial charge on any atom is -0.491 e. The number of carbonyl (C=O) groups excluding carboxylic acids is 1. The molecule has 0 aliphatic rings. The molecule has 102 valence electrons. The molecule has 0 amide bonds. The molecule has 2 N–H and O–H groups in total. The number of rotatable bonds is 8. The standard InChI is InChI=1S/C13H20O5/c1-8(2)10(5)17-6-11(14)12(15)7-18-13(16)9(3)4/h11-12,14-15H,1,3,5-7H2,2,4H3. The van der Waals surface area contributed by atoms with E-state index in [-0.39, 0.29) is 18.8 Å². The molecule has 0 saturated heterocycles. The quantitative estimate of drug-likeness (QED) is 0.292. The maximum atomic E-state index is 11.1. The average Bonchev–Trinajstić information content (AvgIpc) is 2.31. The summed E-state index contributed by atoms with van der Waals surface area (Å²) < 4.78 is 9.78. The van der Waals surface area contributed by atoms with E-state index in [4.69, 9.17) is 9.47 Å². The Morgan fingerprint density at radius 3 is 1.83 bits per heavy atom. The number of hydrogen-bond acceptors (Lipinski definition) is 5. The van der Waals surface area contributed by atoms with Crippen LogP contribution in [0.5, 0.6) is 0 Å². The van der Waals surface area contributed by atoms with Crippen molar-refractivity contribution in [1.82, 2.24) is 0 Å². The number of hydrogen-bond donors (Lipinski definition) is 2. The first kappa shape index (κ1) is 16.4. The van der Waals surface area contributed by atoms with Gasteiger partial charge in [-0.1, -0.05) is 19.7 Å². The molecule has 0 rings (SSSR count). The molecule has 5 heteroatoms. The summed E-state index contributed by atoms with van der Waals surface area (Å²) in [6, 6.07) is 0. The van der Waals surface area contributed by atoms with Crippen molar-refractivity contribution in [2.45, 2.75) is 26.1 Å². The summed E-state index contributed by atoms with van der Waals surface area (Å²) in [5.74, 6) is -0.284. The summed E-state index contributed by atoms with van der Waals surface area (Å²) in [4.78, 5) is 11.1. The van der Waals surface area contributed by atoms with Crippen molar-refractivity contribution < 1.29 is 24.5 Å². The molecular weight excluding hydrogens is 236 g/mol. The highest BCUT2D eigenvalue weighted by Crippen LogP contribution is 2.07. The Kier molecular flexibility index (Phi) is 7.00. The Bertz CT molecular complexity index is 311. The fourth-order valence-corrected chi connectivity index (χ4v) is 0.816. The van der Waals surface area contributed by atoms with E-state index in [1.807, 2.05) is 0 Å². The van der Waals surface area contributed by atoms with Crippen molar-refractivity contribution in [2.75, 3.05) is 13.2 Å². The van der Waals surface area contributed by atoms with Gasteiger partial charge in [0.15, 0.2) is 0 Å².